The van der Waals surface area contributed by atoms with Gasteiger partial charge >= 0.3 is 0 Å². The average molecular weight is 289 g/mol. The van der Waals surface area contributed by atoms with E-state index in [0.29, 0.717) is 5.56 Å². The van der Waals surface area contributed by atoms with E-state index in [1.165, 1.54) is 5.56 Å². The molecule has 0 unspecified atom stereocenters. The fraction of sp³-hybridized carbons (Fsp3) is 0.556. The number of carbonyl (C=O) groups is 2. The Morgan fingerprint density at radius 3 is 2.00 bits per heavy atom. The summed E-state index contributed by atoms with van der Waals surface area (Å²) in [5.41, 5.74) is 2.98. The molecule has 1 aromatic rings. The van der Waals surface area contributed by atoms with Crippen LogP contribution in [0.2, 0.25) is 0 Å². The lowest BCUT2D eigenvalue weighted by Crippen LogP contribution is -2.42. The standard InChI is InChI=1S/C18H27NO2/c1-12(2)19(13(3)4)18(21)10-9-17(20)16-8-7-14(5)15(6)11-16/h7-8,11-13H,9-10H2,1-6H3. The van der Waals surface area contributed by atoms with Crippen molar-refractivity contribution in [1.82, 2.24) is 4.90 Å². The van der Waals surface area contributed by atoms with Gasteiger partial charge in [-0.3, -0.25) is 9.59 Å². The van der Waals surface area contributed by atoms with Crippen molar-refractivity contribution in [3.8, 4) is 0 Å². The van der Waals surface area contributed by atoms with Crippen LogP contribution >= 0.6 is 0 Å². The zero-order valence-electron chi connectivity index (χ0n) is 14.1. The minimum absolute atomic E-state index is 0.0407. The Morgan fingerprint density at radius 1 is 0.952 bits per heavy atom. The lowest BCUT2D eigenvalue weighted by atomic mass is 10.0. The van der Waals surface area contributed by atoms with Crippen LogP contribution in [0, 0.1) is 13.8 Å². The molecule has 3 nitrogen and oxygen atoms in total. The molecule has 0 atom stereocenters. The highest BCUT2D eigenvalue weighted by atomic mass is 16.2. The zero-order valence-corrected chi connectivity index (χ0v) is 14.1. The summed E-state index contributed by atoms with van der Waals surface area (Å²) in [6.45, 7) is 12.0. The van der Waals surface area contributed by atoms with Crippen LogP contribution in [0.1, 0.15) is 62.0 Å². The number of ketones is 1. The number of Topliss-reactive ketones (excluding diaryl/α,β-unsaturated/α-hetero) is 1. The number of carbonyl (C=O) groups excluding carboxylic acids is 2. The number of benzene rings is 1. The van der Waals surface area contributed by atoms with Gasteiger partial charge in [-0.1, -0.05) is 12.1 Å². The van der Waals surface area contributed by atoms with Crippen LogP contribution in [0.25, 0.3) is 0 Å². The third-order valence-electron chi connectivity index (χ3n) is 3.80. The molecule has 1 amide bonds. The number of hydrogen-bond acceptors (Lipinski definition) is 2. The maximum absolute atomic E-state index is 12.3. The second-order valence-electron chi connectivity index (χ2n) is 6.21. The van der Waals surface area contributed by atoms with Gasteiger partial charge in [-0.15, -0.1) is 0 Å². The molecule has 0 fully saturated rings. The van der Waals surface area contributed by atoms with Crippen molar-refractivity contribution in [1.29, 1.82) is 0 Å². The Hall–Kier alpha value is -1.64. The van der Waals surface area contributed by atoms with Gasteiger partial charge in [0.2, 0.25) is 5.91 Å². The maximum Gasteiger partial charge on any atom is 0.223 e. The maximum atomic E-state index is 12.3. The van der Waals surface area contributed by atoms with E-state index in [1.54, 1.807) is 0 Å². The largest absolute Gasteiger partial charge is 0.338 e. The van der Waals surface area contributed by atoms with Crippen LogP contribution in [0.3, 0.4) is 0 Å². The first-order chi connectivity index (χ1) is 9.73. The summed E-state index contributed by atoms with van der Waals surface area (Å²) in [6.07, 6.45) is 0.555. The topological polar surface area (TPSA) is 37.4 Å². The number of hydrogen-bond donors (Lipinski definition) is 0. The van der Waals surface area contributed by atoms with Crippen molar-refractivity contribution < 1.29 is 9.59 Å². The van der Waals surface area contributed by atoms with Gasteiger partial charge in [0, 0.05) is 30.5 Å². The summed E-state index contributed by atoms with van der Waals surface area (Å²) < 4.78 is 0. The molecule has 0 heterocycles. The Labute approximate surface area is 128 Å². The van der Waals surface area contributed by atoms with E-state index in [-0.39, 0.29) is 36.6 Å². The van der Waals surface area contributed by atoms with Crippen LogP contribution < -0.4 is 0 Å². The molecule has 0 bridgehead atoms. The third-order valence-corrected chi connectivity index (χ3v) is 3.80. The number of amides is 1. The SMILES string of the molecule is Cc1ccc(C(=O)CCC(=O)N(C(C)C)C(C)C)cc1C. The fourth-order valence-electron chi connectivity index (χ4n) is 2.58. The summed E-state index contributed by atoms with van der Waals surface area (Å²) in [7, 11) is 0. The summed E-state index contributed by atoms with van der Waals surface area (Å²) >= 11 is 0. The molecule has 0 aliphatic heterocycles. The quantitative estimate of drug-likeness (QED) is 0.745. The van der Waals surface area contributed by atoms with E-state index in [9.17, 15) is 9.59 Å². The molecule has 0 aliphatic rings. The minimum Gasteiger partial charge on any atom is -0.338 e. The molecule has 0 saturated carbocycles. The Kier molecular flexibility index (Phi) is 6.13. The van der Waals surface area contributed by atoms with E-state index < -0.39 is 0 Å². The smallest absolute Gasteiger partial charge is 0.223 e. The van der Waals surface area contributed by atoms with Crippen LogP contribution in [0.5, 0.6) is 0 Å². The Morgan fingerprint density at radius 2 is 1.52 bits per heavy atom. The number of aryl methyl sites for hydroxylation is 2. The summed E-state index contributed by atoms with van der Waals surface area (Å²) in [4.78, 5) is 26.3. The molecule has 0 aliphatic carbocycles. The van der Waals surface area contributed by atoms with Crippen LogP contribution in [-0.4, -0.2) is 28.7 Å². The van der Waals surface area contributed by atoms with Crippen molar-refractivity contribution in [2.75, 3.05) is 0 Å². The van der Waals surface area contributed by atoms with Crippen molar-refractivity contribution >= 4 is 11.7 Å². The van der Waals surface area contributed by atoms with Crippen LogP contribution in [0.15, 0.2) is 18.2 Å². The Bertz CT molecular complexity index is 510. The molecule has 0 aromatic heterocycles. The molecule has 0 N–H and O–H groups in total. The first-order valence-corrected chi connectivity index (χ1v) is 7.65. The molecule has 21 heavy (non-hydrogen) atoms. The van der Waals surface area contributed by atoms with E-state index in [1.807, 2.05) is 64.6 Å². The molecule has 1 aromatic carbocycles. The molecular weight excluding hydrogens is 262 g/mol. The molecule has 116 valence electrons. The van der Waals surface area contributed by atoms with Gasteiger partial charge in [0.05, 0.1) is 0 Å². The van der Waals surface area contributed by atoms with Crippen molar-refractivity contribution in [3.63, 3.8) is 0 Å². The fourth-order valence-corrected chi connectivity index (χ4v) is 2.58. The third kappa shape index (κ3) is 4.69. The van der Waals surface area contributed by atoms with E-state index in [0.717, 1.165) is 5.56 Å². The lowest BCUT2D eigenvalue weighted by Gasteiger charge is -2.30. The summed E-state index contributed by atoms with van der Waals surface area (Å²) in [5, 5.41) is 0. The van der Waals surface area contributed by atoms with Gasteiger partial charge in [0.1, 0.15) is 0 Å². The van der Waals surface area contributed by atoms with Gasteiger partial charge in [-0.2, -0.15) is 0 Å². The highest BCUT2D eigenvalue weighted by molar-refractivity contribution is 5.98. The van der Waals surface area contributed by atoms with E-state index in [2.05, 4.69) is 0 Å². The average Bonchev–Trinajstić information content (AvgIpc) is 2.38. The first kappa shape index (κ1) is 17.4. The lowest BCUT2D eigenvalue weighted by molar-refractivity contribution is -0.134. The van der Waals surface area contributed by atoms with Crippen molar-refractivity contribution in [2.45, 2.75) is 66.5 Å². The predicted octanol–water partition coefficient (Wildman–Crippen LogP) is 3.91. The molecule has 0 spiro atoms. The van der Waals surface area contributed by atoms with Gasteiger partial charge in [-0.25, -0.2) is 0 Å². The normalized spacial score (nSPS) is 11.0. The van der Waals surface area contributed by atoms with Crippen molar-refractivity contribution in [3.05, 3.63) is 34.9 Å². The number of nitrogens with zero attached hydrogens (tertiary/aromatic N) is 1. The monoisotopic (exact) mass is 289 g/mol. The Balaban J connectivity index is 2.67. The van der Waals surface area contributed by atoms with E-state index >= 15 is 0 Å². The molecule has 1 rings (SSSR count). The van der Waals surface area contributed by atoms with E-state index in [4.69, 9.17) is 0 Å². The molecular formula is C18H27NO2. The highest BCUT2D eigenvalue weighted by Gasteiger charge is 2.20. The van der Waals surface area contributed by atoms with Gasteiger partial charge < -0.3 is 4.90 Å². The second-order valence-corrected chi connectivity index (χ2v) is 6.21. The first-order valence-electron chi connectivity index (χ1n) is 7.65. The van der Waals surface area contributed by atoms with Crippen LogP contribution in [-0.2, 0) is 4.79 Å². The van der Waals surface area contributed by atoms with Gasteiger partial charge in [0.25, 0.3) is 0 Å². The van der Waals surface area contributed by atoms with Gasteiger partial charge in [0.15, 0.2) is 5.78 Å². The predicted molar refractivity (Wildman–Crippen MR) is 86.6 cm³/mol. The zero-order chi connectivity index (χ0) is 16.2. The van der Waals surface area contributed by atoms with Crippen molar-refractivity contribution in [2.24, 2.45) is 0 Å². The minimum atomic E-state index is 0.0407. The summed E-state index contributed by atoms with van der Waals surface area (Å²) in [5.74, 6) is 0.0936. The molecule has 3 heteroatoms. The van der Waals surface area contributed by atoms with Crippen LogP contribution in [0.4, 0.5) is 0 Å². The molecule has 0 saturated heterocycles. The number of rotatable bonds is 6. The summed E-state index contributed by atoms with van der Waals surface area (Å²) in [6, 6.07) is 6.03. The highest BCUT2D eigenvalue weighted by Crippen LogP contribution is 2.14. The second kappa shape index (κ2) is 7.39. The van der Waals surface area contributed by atoms with Gasteiger partial charge in [-0.05, 0) is 58.7 Å². The molecule has 0 radical (unpaired) electrons.